The number of benzene rings is 4. The molecule has 0 atom stereocenters. The molecular formula is C20H16S4. The second-order valence-corrected chi connectivity index (χ2v) is 7.23. The Labute approximate surface area is 163 Å². The summed E-state index contributed by atoms with van der Waals surface area (Å²) in [5.41, 5.74) is 0. The van der Waals surface area contributed by atoms with Crippen LogP contribution in [0.2, 0.25) is 0 Å². The van der Waals surface area contributed by atoms with Crippen molar-refractivity contribution in [3.63, 3.8) is 0 Å². The van der Waals surface area contributed by atoms with Gasteiger partial charge in [0.15, 0.2) is 0 Å². The fourth-order valence-electron chi connectivity index (χ4n) is 2.54. The highest BCUT2D eigenvalue weighted by molar-refractivity contribution is 7.81. The zero-order valence-corrected chi connectivity index (χ0v) is 16.3. The third-order valence-corrected chi connectivity index (χ3v) is 5.31. The van der Waals surface area contributed by atoms with Gasteiger partial charge in [-0.1, -0.05) is 48.5 Å². The van der Waals surface area contributed by atoms with Crippen LogP contribution in [0.5, 0.6) is 0 Å². The molecule has 0 aliphatic heterocycles. The third-order valence-electron chi connectivity index (χ3n) is 3.75. The molecule has 0 aromatic heterocycles. The van der Waals surface area contributed by atoms with E-state index in [0.717, 1.165) is 41.1 Å². The molecule has 0 unspecified atom stereocenters. The predicted octanol–water partition coefficient (Wildman–Crippen LogP) is 6.83. The lowest BCUT2D eigenvalue weighted by Gasteiger charge is -2.02. The smallest absolute Gasteiger partial charge is 0.0119 e. The molecule has 4 aromatic carbocycles. The molecular weight excluding hydrogens is 368 g/mol. The van der Waals surface area contributed by atoms with Crippen LogP contribution in [0.3, 0.4) is 0 Å². The van der Waals surface area contributed by atoms with Crippen LogP contribution in [-0.4, -0.2) is 0 Å². The summed E-state index contributed by atoms with van der Waals surface area (Å²) in [5, 5.41) is 4.64. The van der Waals surface area contributed by atoms with E-state index in [-0.39, 0.29) is 0 Å². The summed E-state index contributed by atoms with van der Waals surface area (Å²) in [5.74, 6) is 0. The van der Waals surface area contributed by atoms with E-state index in [1.165, 1.54) is 0 Å². The monoisotopic (exact) mass is 384 g/mol. The van der Waals surface area contributed by atoms with Gasteiger partial charge in [-0.05, 0) is 45.8 Å². The zero-order chi connectivity index (χ0) is 17.1. The fraction of sp³-hybridized carbons (Fsp3) is 0. The van der Waals surface area contributed by atoms with Crippen LogP contribution in [0.15, 0.2) is 92.4 Å². The number of hydrogen-bond acceptors (Lipinski definition) is 4. The lowest BCUT2D eigenvalue weighted by molar-refractivity contribution is 1.46. The van der Waals surface area contributed by atoms with Gasteiger partial charge in [-0.15, -0.1) is 50.5 Å². The van der Waals surface area contributed by atoms with E-state index in [4.69, 9.17) is 0 Å². The molecule has 24 heavy (non-hydrogen) atoms. The number of thiol groups is 4. The van der Waals surface area contributed by atoms with E-state index in [0.29, 0.717) is 0 Å². The maximum Gasteiger partial charge on any atom is 0.0119 e. The Bertz CT molecular complexity index is 890. The molecule has 0 bridgehead atoms. The molecule has 4 heteroatoms. The molecule has 120 valence electrons. The van der Waals surface area contributed by atoms with E-state index in [1.54, 1.807) is 0 Å². The molecule has 0 spiro atoms. The van der Waals surface area contributed by atoms with Crippen molar-refractivity contribution < 1.29 is 0 Å². The summed E-state index contributed by atoms with van der Waals surface area (Å²) in [6, 6.07) is 24.1. The largest absolute Gasteiger partial charge is 0.143 e. The van der Waals surface area contributed by atoms with Crippen LogP contribution in [0.1, 0.15) is 0 Å². The average Bonchev–Trinajstić information content (AvgIpc) is 2.60. The lowest BCUT2D eigenvalue weighted by Crippen LogP contribution is -1.75. The maximum atomic E-state index is 4.36. The third kappa shape index (κ3) is 3.72. The quantitative estimate of drug-likeness (QED) is 0.235. The van der Waals surface area contributed by atoms with Crippen LogP contribution < -0.4 is 0 Å². The Morgan fingerprint density at radius 2 is 0.625 bits per heavy atom. The SMILES string of the molecule is Sc1ccc(S)c2ccccc12.Sc1cccc2c(S)cccc12. The first-order valence-electron chi connectivity index (χ1n) is 7.37. The van der Waals surface area contributed by atoms with E-state index < -0.39 is 0 Å². The number of fused-ring (bicyclic) bond motifs is 2. The highest BCUT2D eigenvalue weighted by Crippen LogP contribution is 2.27. The van der Waals surface area contributed by atoms with Gasteiger partial charge in [0.2, 0.25) is 0 Å². The van der Waals surface area contributed by atoms with Crippen LogP contribution >= 0.6 is 50.5 Å². The van der Waals surface area contributed by atoms with Crippen molar-refractivity contribution in [1.82, 2.24) is 0 Å². The second-order valence-electron chi connectivity index (χ2n) is 5.30. The molecule has 0 radical (unpaired) electrons. The van der Waals surface area contributed by atoms with Crippen molar-refractivity contribution in [3.05, 3.63) is 72.8 Å². The van der Waals surface area contributed by atoms with Crippen molar-refractivity contribution >= 4 is 72.1 Å². The second kappa shape index (κ2) is 7.79. The summed E-state index contributed by atoms with van der Waals surface area (Å²) in [7, 11) is 0. The molecule has 4 rings (SSSR count). The summed E-state index contributed by atoms with van der Waals surface area (Å²) in [6.45, 7) is 0. The van der Waals surface area contributed by atoms with E-state index in [9.17, 15) is 0 Å². The molecule has 0 aliphatic rings. The topological polar surface area (TPSA) is 0 Å². The van der Waals surface area contributed by atoms with Crippen LogP contribution in [0.4, 0.5) is 0 Å². The fourth-order valence-corrected chi connectivity index (χ4v) is 3.65. The first-order valence-corrected chi connectivity index (χ1v) is 9.16. The van der Waals surface area contributed by atoms with Gasteiger partial charge in [0.25, 0.3) is 0 Å². The number of rotatable bonds is 0. The Morgan fingerprint density at radius 1 is 0.333 bits per heavy atom. The highest BCUT2D eigenvalue weighted by atomic mass is 32.1. The minimum Gasteiger partial charge on any atom is -0.143 e. The van der Waals surface area contributed by atoms with Gasteiger partial charge in [0.05, 0.1) is 0 Å². The molecule has 0 fully saturated rings. The summed E-state index contributed by atoms with van der Waals surface area (Å²) >= 11 is 17.5. The van der Waals surface area contributed by atoms with Gasteiger partial charge in [-0.25, -0.2) is 0 Å². The molecule has 0 aliphatic carbocycles. The number of hydrogen-bond donors (Lipinski definition) is 4. The normalized spacial score (nSPS) is 10.5. The molecule has 0 N–H and O–H groups in total. The van der Waals surface area contributed by atoms with Crippen molar-refractivity contribution in [2.24, 2.45) is 0 Å². The molecule has 0 nitrogen and oxygen atoms in total. The van der Waals surface area contributed by atoms with Gasteiger partial charge in [-0.3, -0.25) is 0 Å². The van der Waals surface area contributed by atoms with E-state index in [2.05, 4.69) is 74.8 Å². The minimum atomic E-state index is 1.00. The maximum absolute atomic E-state index is 4.36. The Hall–Kier alpha value is -1.20. The van der Waals surface area contributed by atoms with Crippen LogP contribution in [0.25, 0.3) is 21.5 Å². The molecule has 0 amide bonds. The summed E-state index contributed by atoms with van der Waals surface area (Å²) in [6.07, 6.45) is 0. The first-order chi connectivity index (χ1) is 11.6. The van der Waals surface area contributed by atoms with Crippen LogP contribution in [-0.2, 0) is 0 Å². The highest BCUT2D eigenvalue weighted by Gasteiger charge is 1.99. The minimum absolute atomic E-state index is 1.00. The first kappa shape index (κ1) is 17.6. The Balaban J connectivity index is 0.000000141. The molecule has 0 heterocycles. The molecule has 0 saturated carbocycles. The molecule has 0 saturated heterocycles. The van der Waals surface area contributed by atoms with E-state index >= 15 is 0 Å². The van der Waals surface area contributed by atoms with Crippen molar-refractivity contribution in [3.8, 4) is 0 Å². The van der Waals surface area contributed by atoms with Gasteiger partial charge in [-0.2, -0.15) is 0 Å². The van der Waals surface area contributed by atoms with Crippen molar-refractivity contribution in [2.75, 3.05) is 0 Å². The van der Waals surface area contributed by atoms with Crippen molar-refractivity contribution in [2.45, 2.75) is 19.6 Å². The zero-order valence-electron chi connectivity index (χ0n) is 12.7. The predicted molar refractivity (Wildman–Crippen MR) is 117 cm³/mol. The molecule has 4 aromatic rings. The Morgan fingerprint density at radius 3 is 1.00 bits per heavy atom. The van der Waals surface area contributed by atoms with Crippen molar-refractivity contribution in [1.29, 1.82) is 0 Å². The lowest BCUT2D eigenvalue weighted by atomic mass is 10.1. The van der Waals surface area contributed by atoms with Crippen LogP contribution in [0, 0.1) is 0 Å². The van der Waals surface area contributed by atoms with E-state index in [1.807, 2.05) is 48.5 Å². The van der Waals surface area contributed by atoms with Gasteiger partial charge in [0.1, 0.15) is 0 Å². The van der Waals surface area contributed by atoms with Gasteiger partial charge in [0, 0.05) is 19.6 Å². The summed E-state index contributed by atoms with van der Waals surface area (Å²) < 4.78 is 0. The Kier molecular flexibility index (Phi) is 5.72. The standard InChI is InChI=1S/2C10H8S2/c11-9-5-1-3-7-8(9)4-2-6-10(7)12;11-9-5-6-10(12)8-4-2-1-3-7(8)9/h2*1-6,11-12H. The average molecular weight is 385 g/mol. The van der Waals surface area contributed by atoms with Gasteiger partial charge >= 0.3 is 0 Å². The van der Waals surface area contributed by atoms with Gasteiger partial charge < -0.3 is 0 Å². The summed E-state index contributed by atoms with van der Waals surface area (Å²) in [4.78, 5) is 4.01.